The number of benzene rings is 2. The number of piperazine rings is 1. The predicted molar refractivity (Wildman–Crippen MR) is 112 cm³/mol. The molecule has 0 saturated carbocycles. The lowest BCUT2D eigenvalue weighted by atomic mass is 10.2. The number of hydrogen-bond acceptors (Lipinski definition) is 5. The Hall–Kier alpha value is -3.19. The van der Waals surface area contributed by atoms with Crippen molar-refractivity contribution in [2.75, 3.05) is 36.0 Å². The van der Waals surface area contributed by atoms with E-state index in [9.17, 15) is 4.39 Å². The van der Waals surface area contributed by atoms with E-state index in [1.807, 2.05) is 18.2 Å². The summed E-state index contributed by atoms with van der Waals surface area (Å²) in [7, 11) is 0. The average molecular weight is 409 g/mol. The van der Waals surface area contributed by atoms with Crippen molar-refractivity contribution in [2.45, 2.75) is 0 Å². The highest BCUT2D eigenvalue weighted by Gasteiger charge is 2.22. The zero-order valence-electron chi connectivity index (χ0n) is 15.5. The highest BCUT2D eigenvalue weighted by atomic mass is 35.5. The maximum atomic E-state index is 13.3. The molecule has 0 atom stereocenters. The van der Waals surface area contributed by atoms with E-state index in [1.54, 1.807) is 29.3 Å². The van der Waals surface area contributed by atoms with Crippen LogP contribution < -0.4 is 9.80 Å². The lowest BCUT2D eigenvalue weighted by Crippen LogP contribution is -2.46. The zero-order chi connectivity index (χ0) is 19.8. The van der Waals surface area contributed by atoms with Gasteiger partial charge in [0.1, 0.15) is 18.0 Å². The third-order valence-corrected chi connectivity index (χ3v) is 5.40. The van der Waals surface area contributed by atoms with Crippen LogP contribution in [0.3, 0.4) is 0 Å². The summed E-state index contributed by atoms with van der Waals surface area (Å²) in [5, 5.41) is 6.09. The Kier molecular flexibility index (Phi) is 4.52. The molecule has 0 unspecified atom stereocenters. The maximum absolute atomic E-state index is 13.3. The lowest BCUT2D eigenvalue weighted by molar-refractivity contribution is 0.627. The Morgan fingerprint density at radius 3 is 2.38 bits per heavy atom. The summed E-state index contributed by atoms with van der Waals surface area (Å²) >= 11 is 6.13. The fraction of sp³-hybridized carbons (Fsp3) is 0.190. The Bertz CT molecular complexity index is 1150. The smallest absolute Gasteiger partial charge is 0.168 e. The molecule has 1 aliphatic heterocycles. The monoisotopic (exact) mass is 408 g/mol. The quantitative estimate of drug-likeness (QED) is 0.514. The minimum Gasteiger partial charge on any atom is -0.368 e. The second kappa shape index (κ2) is 7.33. The van der Waals surface area contributed by atoms with E-state index >= 15 is 0 Å². The molecule has 0 N–H and O–H groups in total. The van der Waals surface area contributed by atoms with Crippen LogP contribution >= 0.6 is 11.6 Å². The molecule has 1 saturated heterocycles. The SMILES string of the molecule is Fc1ccc(-n2ncc3c(N4CCN(c5cccc(Cl)c5)CC4)ncnc32)cc1. The van der Waals surface area contributed by atoms with Gasteiger partial charge in [-0.15, -0.1) is 0 Å². The lowest BCUT2D eigenvalue weighted by Gasteiger charge is -2.36. The topological polar surface area (TPSA) is 50.1 Å². The van der Waals surface area contributed by atoms with Crippen molar-refractivity contribution in [3.8, 4) is 5.69 Å². The van der Waals surface area contributed by atoms with Gasteiger partial charge in [-0.25, -0.2) is 19.0 Å². The van der Waals surface area contributed by atoms with Gasteiger partial charge in [-0.05, 0) is 42.5 Å². The average Bonchev–Trinajstić information content (AvgIpc) is 3.19. The molecule has 2 aromatic heterocycles. The molecule has 0 aliphatic carbocycles. The van der Waals surface area contributed by atoms with Crippen LogP contribution in [0.4, 0.5) is 15.9 Å². The van der Waals surface area contributed by atoms with Gasteiger partial charge >= 0.3 is 0 Å². The number of anilines is 2. The summed E-state index contributed by atoms with van der Waals surface area (Å²) in [6.45, 7) is 3.41. The highest BCUT2D eigenvalue weighted by molar-refractivity contribution is 6.30. The molecule has 0 amide bonds. The Balaban J connectivity index is 1.41. The molecule has 0 radical (unpaired) electrons. The Morgan fingerprint density at radius 1 is 0.862 bits per heavy atom. The first-order chi connectivity index (χ1) is 14.2. The molecule has 4 aromatic rings. The summed E-state index contributed by atoms with van der Waals surface area (Å²) in [5.74, 6) is 0.590. The first-order valence-electron chi connectivity index (χ1n) is 9.39. The number of rotatable bonds is 3. The normalized spacial score (nSPS) is 14.6. The van der Waals surface area contributed by atoms with Crippen LogP contribution in [0.15, 0.2) is 61.1 Å². The first kappa shape index (κ1) is 17.9. The summed E-state index contributed by atoms with van der Waals surface area (Å²) in [6.07, 6.45) is 3.33. The fourth-order valence-corrected chi connectivity index (χ4v) is 3.89. The van der Waals surface area contributed by atoms with E-state index in [-0.39, 0.29) is 5.82 Å². The van der Waals surface area contributed by atoms with E-state index in [4.69, 9.17) is 11.6 Å². The second-order valence-electron chi connectivity index (χ2n) is 6.92. The summed E-state index contributed by atoms with van der Waals surface area (Å²) in [6, 6.07) is 14.1. The van der Waals surface area contributed by atoms with Crippen LogP contribution in [-0.2, 0) is 0 Å². The van der Waals surface area contributed by atoms with Crippen molar-refractivity contribution in [1.29, 1.82) is 0 Å². The predicted octanol–water partition coefficient (Wildman–Crippen LogP) is 3.93. The van der Waals surface area contributed by atoms with Gasteiger partial charge in [0.25, 0.3) is 0 Å². The molecule has 0 bridgehead atoms. The van der Waals surface area contributed by atoms with Crippen molar-refractivity contribution in [3.05, 3.63) is 71.9 Å². The maximum Gasteiger partial charge on any atom is 0.168 e. The van der Waals surface area contributed by atoms with Crippen molar-refractivity contribution in [1.82, 2.24) is 19.7 Å². The molecule has 146 valence electrons. The minimum atomic E-state index is -0.280. The molecule has 0 spiro atoms. The standard InChI is InChI=1S/C21H18ClFN6/c22-15-2-1-3-18(12-15)27-8-10-28(11-9-27)20-19-13-26-29(21(19)25-14-24-20)17-6-4-16(23)5-7-17/h1-7,12-14H,8-11H2. The number of halogens is 2. The van der Waals surface area contributed by atoms with E-state index in [1.165, 1.54) is 12.1 Å². The van der Waals surface area contributed by atoms with Crippen molar-refractivity contribution >= 4 is 34.1 Å². The molecule has 5 rings (SSSR count). The van der Waals surface area contributed by atoms with E-state index in [2.05, 4.69) is 30.9 Å². The first-order valence-corrected chi connectivity index (χ1v) is 9.77. The van der Waals surface area contributed by atoms with Crippen LogP contribution in [-0.4, -0.2) is 45.9 Å². The highest BCUT2D eigenvalue weighted by Crippen LogP contribution is 2.27. The summed E-state index contributed by atoms with van der Waals surface area (Å²) < 4.78 is 15.0. The van der Waals surface area contributed by atoms with Crippen LogP contribution in [0.1, 0.15) is 0 Å². The molecule has 3 heterocycles. The molecular formula is C21H18ClFN6. The summed E-state index contributed by atoms with van der Waals surface area (Å²) in [4.78, 5) is 13.5. The zero-order valence-corrected chi connectivity index (χ0v) is 16.3. The van der Waals surface area contributed by atoms with Gasteiger partial charge in [-0.3, -0.25) is 0 Å². The molecular weight excluding hydrogens is 391 g/mol. The summed E-state index contributed by atoms with van der Waals surface area (Å²) in [5.41, 5.74) is 2.60. The number of nitrogens with zero attached hydrogens (tertiary/aromatic N) is 6. The Labute approximate surface area is 172 Å². The van der Waals surface area contributed by atoms with Crippen molar-refractivity contribution in [2.24, 2.45) is 0 Å². The van der Waals surface area contributed by atoms with Gasteiger partial charge in [0.2, 0.25) is 0 Å². The van der Waals surface area contributed by atoms with Crippen LogP contribution in [0, 0.1) is 5.82 Å². The minimum absolute atomic E-state index is 0.280. The second-order valence-corrected chi connectivity index (χ2v) is 7.36. The van der Waals surface area contributed by atoms with Gasteiger partial charge < -0.3 is 9.80 Å². The molecule has 2 aromatic carbocycles. The molecule has 1 fully saturated rings. The van der Waals surface area contributed by atoms with Crippen LogP contribution in [0.25, 0.3) is 16.7 Å². The van der Waals surface area contributed by atoms with E-state index in [0.29, 0.717) is 5.65 Å². The van der Waals surface area contributed by atoms with Crippen molar-refractivity contribution in [3.63, 3.8) is 0 Å². The third-order valence-electron chi connectivity index (χ3n) is 5.17. The van der Waals surface area contributed by atoms with Gasteiger partial charge in [0.05, 0.1) is 17.3 Å². The Morgan fingerprint density at radius 2 is 1.62 bits per heavy atom. The largest absolute Gasteiger partial charge is 0.368 e. The van der Waals surface area contributed by atoms with Gasteiger partial charge in [-0.2, -0.15) is 5.10 Å². The molecule has 6 nitrogen and oxygen atoms in total. The number of aromatic nitrogens is 4. The molecule has 1 aliphatic rings. The van der Waals surface area contributed by atoms with Crippen molar-refractivity contribution < 1.29 is 4.39 Å². The van der Waals surface area contributed by atoms with Gasteiger partial charge in [0.15, 0.2) is 5.65 Å². The fourth-order valence-electron chi connectivity index (χ4n) is 3.70. The number of hydrogen-bond donors (Lipinski definition) is 0. The van der Waals surface area contributed by atoms with Gasteiger partial charge in [0, 0.05) is 36.9 Å². The third kappa shape index (κ3) is 3.38. The van der Waals surface area contributed by atoms with Crippen LogP contribution in [0.5, 0.6) is 0 Å². The van der Waals surface area contributed by atoms with Crippen LogP contribution in [0.2, 0.25) is 5.02 Å². The molecule has 29 heavy (non-hydrogen) atoms. The number of fused-ring (bicyclic) bond motifs is 1. The van der Waals surface area contributed by atoms with E-state index in [0.717, 1.165) is 53.8 Å². The van der Waals surface area contributed by atoms with Gasteiger partial charge in [-0.1, -0.05) is 17.7 Å². The van der Waals surface area contributed by atoms with E-state index < -0.39 is 0 Å². The molecule has 8 heteroatoms.